The Bertz CT molecular complexity index is 444. The summed E-state index contributed by atoms with van der Waals surface area (Å²) in [5, 5.41) is 0. The molecule has 6 heteroatoms. The lowest BCUT2D eigenvalue weighted by atomic mass is 10.1. The topological polar surface area (TPSA) is 58.2 Å². The molecule has 1 aromatic heterocycles. The summed E-state index contributed by atoms with van der Waals surface area (Å²) in [4.78, 5) is 20.2. The Morgan fingerprint density at radius 1 is 1.62 bits per heavy atom. The van der Waals surface area contributed by atoms with Gasteiger partial charge in [0.05, 0.1) is 18.5 Å². The molecule has 1 saturated heterocycles. The molecule has 0 radical (unpaired) electrons. The van der Waals surface area contributed by atoms with Gasteiger partial charge in [0.15, 0.2) is 0 Å². The predicted molar refractivity (Wildman–Crippen MR) is 64.8 cm³/mol. The molecule has 1 aliphatic rings. The predicted octanol–water partition coefficient (Wildman–Crippen LogP) is 1.15. The van der Waals surface area contributed by atoms with E-state index in [1.54, 1.807) is 0 Å². The molecule has 0 unspecified atom stereocenters. The third kappa shape index (κ3) is 2.27. The molecular weight excluding hydrogens is 274 g/mol. The molecule has 0 aliphatic carbocycles. The van der Waals surface area contributed by atoms with Gasteiger partial charge in [-0.05, 0) is 29.8 Å². The van der Waals surface area contributed by atoms with Gasteiger partial charge in [0.25, 0.3) is 5.56 Å². The first-order chi connectivity index (χ1) is 7.49. The molecule has 2 rings (SSSR count). The summed E-state index contributed by atoms with van der Waals surface area (Å²) in [5.41, 5.74) is -0.364. The van der Waals surface area contributed by atoms with Crippen molar-refractivity contribution in [3.63, 3.8) is 0 Å². The Labute approximate surface area is 102 Å². The molecule has 0 bridgehead atoms. The van der Waals surface area contributed by atoms with Gasteiger partial charge in [-0.15, -0.1) is 0 Å². The van der Waals surface area contributed by atoms with Crippen molar-refractivity contribution in [3.8, 4) is 0 Å². The highest BCUT2D eigenvalue weighted by Gasteiger charge is 2.29. The van der Waals surface area contributed by atoms with Crippen LogP contribution < -0.4 is 10.5 Å². The highest BCUT2D eigenvalue weighted by atomic mass is 79.9. The summed E-state index contributed by atoms with van der Waals surface area (Å²) in [7, 11) is 0. The number of aromatic amines is 1. The highest BCUT2D eigenvalue weighted by molar-refractivity contribution is 9.10. The maximum Gasteiger partial charge on any atom is 0.267 e. The van der Waals surface area contributed by atoms with E-state index < -0.39 is 0 Å². The van der Waals surface area contributed by atoms with E-state index in [-0.39, 0.29) is 11.2 Å². The van der Waals surface area contributed by atoms with Crippen LogP contribution in [0.15, 0.2) is 15.6 Å². The summed E-state index contributed by atoms with van der Waals surface area (Å²) in [6.07, 6.45) is 1.42. The van der Waals surface area contributed by atoms with Gasteiger partial charge < -0.3 is 14.6 Å². The molecule has 88 valence electrons. The number of morpholine rings is 1. The maximum atomic E-state index is 11.4. The Hall–Kier alpha value is -0.880. The van der Waals surface area contributed by atoms with Gasteiger partial charge in [-0.1, -0.05) is 0 Å². The number of H-pyrrole nitrogens is 1. The monoisotopic (exact) mass is 287 g/mol. The van der Waals surface area contributed by atoms with Gasteiger partial charge in [0.1, 0.15) is 10.3 Å². The molecule has 1 aliphatic heterocycles. The van der Waals surface area contributed by atoms with Crippen LogP contribution in [0, 0.1) is 0 Å². The largest absolute Gasteiger partial charge is 0.372 e. The van der Waals surface area contributed by atoms with Crippen molar-refractivity contribution >= 4 is 21.7 Å². The van der Waals surface area contributed by atoms with Crippen molar-refractivity contribution < 1.29 is 4.74 Å². The minimum absolute atomic E-state index is 0.158. The summed E-state index contributed by atoms with van der Waals surface area (Å²) < 4.78 is 6.10. The van der Waals surface area contributed by atoms with Crippen LogP contribution in [0.1, 0.15) is 13.8 Å². The van der Waals surface area contributed by atoms with E-state index in [2.05, 4.69) is 30.8 Å². The maximum absolute atomic E-state index is 11.4. The standard InChI is InChI=1S/C10H14BrN3O2/c1-10(2)5-14(3-4-16-10)8-7(11)9(15)13-6-12-8/h6H,3-5H2,1-2H3,(H,12,13,15). The molecule has 0 amide bonds. The summed E-state index contributed by atoms with van der Waals surface area (Å²) in [6.45, 7) is 6.18. The summed E-state index contributed by atoms with van der Waals surface area (Å²) in [5.74, 6) is 0.681. The van der Waals surface area contributed by atoms with E-state index in [1.165, 1.54) is 6.33 Å². The number of rotatable bonds is 1. The second kappa shape index (κ2) is 4.18. The van der Waals surface area contributed by atoms with E-state index in [4.69, 9.17) is 4.74 Å². The highest BCUT2D eigenvalue weighted by Crippen LogP contribution is 2.24. The van der Waals surface area contributed by atoms with Gasteiger partial charge in [0.2, 0.25) is 0 Å². The lowest BCUT2D eigenvalue weighted by Gasteiger charge is -2.38. The van der Waals surface area contributed by atoms with Crippen molar-refractivity contribution in [2.24, 2.45) is 0 Å². The summed E-state index contributed by atoms with van der Waals surface area (Å²) >= 11 is 3.26. The lowest BCUT2D eigenvalue weighted by Crippen LogP contribution is -2.49. The SMILES string of the molecule is CC1(C)CN(c2nc[nH]c(=O)c2Br)CCO1. The van der Waals surface area contributed by atoms with Gasteiger partial charge in [-0.2, -0.15) is 0 Å². The quantitative estimate of drug-likeness (QED) is 0.842. The van der Waals surface area contributed by atoms with E-state index >= 15 is 0 Å². The van der Waals surface area contributed by atoms with E-state index in [1.807, 2.05) is 13.8 Å². The lowest BCUT2D eigenvalue weighted by molar-refractivity contribution is -0.0279. The van der Waals surface area contributed by atoms with Crippen LogP contribution in [0.4, 0.5) is 5.82 Å². The Balaban J connectivity index is 2.31. The van der Waals surface area contributed by atoms with Gasteiger partial charge in [-0.3, -0.25) is 4.79 Å². The zero-order chi connectivity index (χ0) is 11.8. The first-order valence-corrected chi connectivity index (χ1v) is 5.91. The molecule has 0 atom stereocenters. The fraction of sp³-hybridized carbons (Fsp3) is 0.600. The zero-order valence-electron chi connectivity index (χ0n) is 9.29. The number of nitrogens with one attached hydrogen (secondary N) is 1. The molecule has 1 N–H and O–H groups in total. The van der Waals surface area contributed by atoms with Crippen molar-refractivity contribution in [1.29, 1.82) is 0 Å². The number of hydrogen-bond acceptors (Lipinski definition) is 4. The van der Waals surface area contributed by atoms with Crippen LogP contribution in [0.5, 0.6) is 0 Å². The Morgan fingerprint density at radius 3 is 3.06 bits per heavy atom. The van der Waals surface area contributed by atoms with Crippen molar-refractivity contribution in [3.05, 3.63) is 21.2 Å². The normalized spacial score (nSPS) is 19.8. The molecular formula is C10H14BrN3O2. The number of hydrogen-bond donors (Lipinski definition) is 1. The molecule has 1 aromatic rings. The van der Waals surface area contributed by atoms with Crippen LogP contribution >= 0.6 is 15.9 Å². The fourth-order valence-corrected chi connectivity index (χ4v) is 2.26. The van der Waals surface area contributed by atoms with Crippen molar-refractivity contribution in [2.75, 3.05) is 24.6 Å². The Morgan fingerprint density at radius 2 is 2.38 bits per heavy atom. The van der Waals surface area contributed by atoms with Crippen molar-refractivity contribution in [2.45, 2.75) is 19.4 Å². The molecule has 1 fully saturated rings. The van der Waals surface area contributed by atoms with Gasteiger partial charge in [-0.25, -0.2) is 4.98 Å². The smallest absolute Gasteiger partial charge is 0.267 e. The number of halogens is 1. The molecule has 16 heavy (non-hydrogen) atoms. The second-order valence-corrected chi connectivity index (χ2v) is 5.19. The van der Waals surface area contributed by atoms with E-state index in [0.717, 1.165) is 13.1 Å². The number of ether oxygens (including phenoxy) is 1. The molecule has 2 heterocycles. The fourth-order valence-electron chi connectivity index (χ4n) is 1.79. The minimum atomic E-state index is -0.206. The number of nitrogens with zero attached hydrogens (tertiary/aromatic N) is 2. The van der Waals surface area contributed by atoms with Crippen LogP contribution in [-0.2, 0) is 4.74 Å². The molecule has 5 nitrogen and oxygen atoms in total. The number of anilines is 1. The van der Waals surface area contributed by atoms with Crippen LogP contribution in [0.3, 0.4) is 0 Å². The molecule has 0 spiro atoms. The first kappa shape index (κ1) is 11.6. The summed E-state index contributed by atoms with van der Waals surface area (Å²) in [6, 6.07) is 0. The third-order valence-electron chi connectivity index (χ3n) is 2.50. The molecule has 0 aromatic carbocycles. The van der Waals surface area contributed by atoms with E-state index in [9.17, 15) is 4.79 Å². The van der Waals surface area contributed by atoms with Gasteiger partial charge in [0, 0.05) is 13.1 Å². The molecule has 0 saturated carbocycles. The van der Waals surface area contributed by atoms with E-state index in [0.29, 0.717) is 16.9 Å². The Kier molecular flexibility index (Phi) is 3.03. The average molecular weight is 288 g/mol. The van der Waals surface area contributed by atoms with Crippen molar-refractivity contribution in [1.82, 2.24) is 9.97 Å². The van der Waals surface area contributed by atoms with Crippen LogP contribution in [-0.4, -0.2) is 35.3 Å². The number of aromatic nitrogens is 2. The zero-order valence-corrected chi connectivity index (χ0v) is 10.9. The first-order valence-electron chi connectivity index (χ1n) is 5.12. The minimum Gasteiger partial charge on any atom is -0.372 e. The van der Waals surface area contributed by atoms with Crippen LogP contribution in [0.2, 0.25) is 0 Å². The third-order valence-corrected chi connectivity index (χ3v) is 3.22. The second-order valence-electron chi connectivity index (χ2n) is 4.40. The average Bonchev–Trinajstić information content (AvgIpc) is 2.20. The van der Waals surface area contributed by atoms with Gasteiger partial charge >= 0.3 is 0 Å². The van der Waals surface area contributed by atoms with Crippen LogP contribution in [0.25, 0.3) is 0 Å².